The molecule has 0 aromatic carbocycles. The van der Waals surface area contributed by atoms with E-state index in [2.05, 4.69) is 10.1 Å². The van der Waals surface area contributed by atoms with Gasteiger partial charge in [-0.2, -0.15) is 0 Å². The number of amidine groups is 1. The average molecular weight is 143 g/mol. The van der Waals surface area contributed by atoms with Crippen LogP contribution in [0.1, 0.15) is 5.69 Å². The topological polar surface area (TPSA) is 74.4 Å². The molecular formula is C5H6FN3O. The smallest absolute Gasteiger partial charge is 0.186 e. The van der Waals surface area contributed by atoms with E-state index < -0.39 is 5.82 Å². The maximum absolute atomic E-state index is 12.2. The van der Waals surface area contributed by atoms with E-state index in [0.29, 0.717) is 0 Å². The third-order valence-corrected chi connectivity index (χ3v) is 1.03. The molecule has 0 saturated heterocycles. The van der Waals surface area contributed by atoms with E-state index in [9.17, 15) is 4.39 Å². The fraction of sp³-hybridized carbons (Fsp3) is 0. The van der Waals surface area contributed by atoms with Gasteiger partial charge < -0.3 is 15.9 Å². The van der Waals surface area contributed by atoms with E-state index in [1.54, 1.807) is 0 Å². The predicted octanol–water partition coefficient (Wildman–Crippen LogP) is 0.248. The van der Waals surface area contributed by atoms with E-state index in [-0.39, 0.29) is 11.5 Å². The minimum absolute atomic E-state index is 0.135. The van der Waals surface area contributed by atoms with Crippen LogP contribution < -0.4 is 5.73 Å². The predicted molar refractivity (Wildman–Crippen MR) is 33.3 cm³/mol. The first-order valence-corrected chi connectivity index (χ1v) is 2.56. The number of aromatic nitrogens is 1. The highest BCUT2D eigenvalue weighted by Crippen LogP contribution is 1.99. The van der Waals surface area contributed by atoms with Gasteiger partial charge in [-0.25, -0.2) is 4.39 Å². The highest BCUT2D eigenvalue weighted by Gasteiger charge is 2.00. The zero-order valence-corrected chi connectivity index (χ0v) is 5.00. The number of hydrogen-bond donors (Lipinski definition) is 3. The second kappa shape index (κ2) is 2.38. The van der Waals surface area contributed by atoms with Crippen LogP contribution in [0.5, 0.6) is 0 Å². The highest BCUT2D eigenvalue weighted by atomic mass is 19.1. The number of aromatic amines is 1. The fourth-order valence-electron chi connectivity index (χ4n) is 0.570. The maximum atomic E-state index is 12.2. The maximum Gasteiger partial charge on any atom is 0.186 e. The van der Waals surface area contributed by atoms with Crippen LogP contribution in [0.15, 0.2) is 17.4 Å². The molecule has 1 heterocycles. The third-order valence-electron chi connectivity index (χ3n) is 1.03. The second-order valence-electron chi connectivity index (χ2n) is 1.72. The van der Waals surface area contributed by atoms with E-state index in [4.69, 9.17) is 10.9 Å². The molecule has 0 aliphatic rings. The van der Waals surface area contributed by atoms with Gasteiger partial charge in [-0.15, -0.1) is 0 Å². The number of nitrogens with two attached hydrogens (primary N) is 1. The van der Waals surface area contributed by atoms with Gasteiger partial charge in [-0.05, 0) is 0 Å². The summed E-state index contributed by atoms with van der Waals surface area (Å²) >= 11 is 0. The first-order chi connectivity index (χ1) is 4.74. The molecule has 0 radical (unpaired) electrons. The lowest BCUT2D eigenvalue weighted by Gasteiger charge is -1.88. The van der Waals surface area contributed by atoms with Crippen molar-refractivity contribution in [2.75, 3.05) is 0 Å². The zero-order chi connectivity index (χ0) is 7.56. The van der Waals surface area contributed by atoms with Crippen LogP contribution >= 0.6 is 0 Å². The lowest BCUT2D eigenvalue weighted by atomic mass is 10.4. The molecular weight excluding hydrogens is 137 g/mol. The summed E-state index contributed by atoms with van der Waals surface area (Å²) in [5.74, 6) is -0.578. The first kappa shape index (κ1) is 6.60. The molecule has 0 amide bonds. The third kappa shape index (κ3) is 1.07. The van der Waals surface area contributed by atoms with E-state index in [0.717, 1.165) is 12.3 Å². The van der Waals surface area contributed by atoms with Gasteiger partial charge in [0.05, 0.1) is 5.69 Å². The van der Waals surface area contributed by atoms with Gasteiger partial charge in [-0.3, -0.25) is 0 Å². The van der Waals surface area contributed by atoms with Crippen LogP contribution in [-0.2, 0) is 0 Å². The van der Waals surface area contributed by atoms with Gasteiger partial charge in [0.25, 0.3) is 0 Å². The van der Waals surface area contributed by atoms with Crippen LogP contribution in [0.4, 0.5) is 4.39 Å². The van der Waals surface area contributed by atoms with Crippen LogP contribution in [0.3, 0.4) is 0 Å². The molecule has 0 spiro atoms. The van der Waals surface area contributed by atoms with Crippen LogP contribution in [0.2, 0.25) is 0 Å². The van der Waals surface area contributed by atoms with Gasteiger partial charge in [0.15, 0.2) is 5.84 Å². The SMILES string of the molecule is NC(=NO)c1cc(F)c[nH]1. The van der Waals surface area contributed by atoms with E-state index in [1.165, 1.54) is 0 Å². The zero-order valence-electron chi connectivity index (χ0n) is 5.00. The van der Waals surface area contributed by atoms with Gasteiger partial charge in [0.1, 0.15) is 5.82 Å². The molecule has 5 heteroatoms. The van der Waals surface area contributed by atoms with Crippen molar-refractivity contribution in [1.29, 1.82) is 0 Å². The number of halogens is 1. The Morgan fingerprint density at radius 3 is 2.90 bits per heavy atom. The Morgan fingerprint density at radius 1 is 1.80 bits per heavy atom. The summed E-state index contributed by atoms with van der Waals surface area (Å²) in [6, 6.07) is 1.13. The highest BCUT2D eigenvalue weighted by molar-refractivity contribution is 5.95. The lowest BCUT2D eigenvalue weighted by molar-refractivity contribution is 0.318. The molecule has 0 aliphatic heterocycles. The summed E-state index contributed by atoms with van der Waals surface area (Å²) in [5.41, 5.74) is 5.37. The summed E-state index contributed by atoms with van der Waals surface area (Å²) in [6.07, 6.45) is 1.12. The molecule has 4 nitrogen and oxygen atoms in total. The molecule has 0 aliphatic carbocycles. The summed E-state index contributed by atoms with van der Waals surface area (Å²) in [7, 11) is 0. The molecule has 0 fully saturated rings. The Hall–Kier alpha value is -1.52. The Bertz CT molecular complexity index is 255. The molecule has 1 rings (SSSR count). The quantitative estimate of drug-likeness (QED) is 0.228. The first-order valence-electron chi connectivity index (χ1n) is 2.56. The summed E-state index contributed by atoms with van der Waals surface area (Å²) in [5, 5.41) is 10.8. The number of hydrogen-bond acceptors (Lipinski definition) is 2. The normalized spacial score (nSPS) is 11.9. The molecule has 0 atom stereocenters. The molecule has 0 saturated carbocycles. The number of nitrogens with zero attached hydrogens (tertiary/aromatic N) is 1. The molecule has 0 unspecified atom stereocenters. The largest absolute Gasteiger partial charge is 0.409 e. The van der Waals surface area contributed by atoms with Crippen molar-refractivity contribution in [3.8, 4) is 0 Å². The number of oxime groups is 1. The van der Waals surface area contributed by atoms with Gasteiger partial charge in [0.2, 0.25) is 0 Å². The van der Waals surface area contributed by atoms with E-state index in [1.807, 2.05) is 0 Å². The minimum atomic E-state index is -0.443. The summed E-state index contributed by atoms with van der Waals surface area (Å²) < 4.78 is 12.2. The van der Waals surface area contributed by atoms with Crippen molar-refractivity contribution in [1.82, 2.24) is 4.98 Å². The van der Waals surface area contributed by atoms with Crippen molar-refractivity contribution in [2.45, 2.75) is 0 Å². The van der Waals surface area contributed by atoms with Crippen molar-refractivity contribution in [3.63, 3.8) is 0 Å². The number of nitrogens with one attached hydrogen (secondary N) is 1. The van der Waals surface area contributed by atoms with Crippen LogP contribution in [0.25, 0.3) is 0 Å². The minimum Gasteiger partial charge on any atom is -0.409 e. The number of rotatable bonds is 1. The summed E-state index contributed by atoms with van der Waals surface area (Å²) in [6.45, 7) is 0. The monoisotopic (exact) mass is 143 g/mol. The standard InChI is InChI=1S/C5H6FN3O/c6-3-1-4(8-2-3)5(7)9-10/h1-2,8,10H,(H2,7,9). The van der Waals surface area contributed by atoms with Crippen molar-refractivity contribution >= 4 is 5.84 Å². The summed E-state index contributed by atoms with van der Waals surface area (Å²) in [4.78, 5) is 2.47. The Labute approximate surface area is 56.2 Å². The van der Waals surface area contributed by atoms with Gasteiger partial charge in [0, 0.05) is 12.3 Å². The van der Waals surface area contributed by atoms with Gasteiger partial charge in [-0.1, -0.05) is 5.16 Å². The van der Waals surface area contributed by atoms with Crippen molar-refractivity contribution < 1.29 is 9.60 Å². The molecule has 10 heavy (non-hydrogen) atoms. The van der Waals surface area contributed by atoms with Crippen molar-refractivity contribution in [3.05, 3.63) is 23.8 Å². The molecule has 54 valence electrons. The second-order valence-corrected chi connectivity index (χ2v) is 1.72. The average Bonchev–Trinajstić information content (AvgIpc) is 2.34. The molecule has 4 N–H and O–H groups in total. The van der Waals surface area contributed by atoms with Crippen molar-refractivity contribution in [2.24, 2.45) is 10.9 Å². The molecule has 0 bridgehead atoms. The van der Waals surface area contributed by atoms with E-state index >= 15 is 0 Å². The molecule has 1 aromatic rings. The van der Waals surface area contributed by atoms with Crippen LogP contribution in [-0.4, -0.2) is 16.0 Å². The number of H-pyrrole nitrogens is 1. The van der Waals surface area contributed by atoms with Crippen LogP contribution in [0, 0.1) is 5.82 Å². The molecule has 1 aromatic heterocycles. The lowest BCUT2D eigenvalue weighted by Crippen LogP contribution is -2.13. The van der Waals surface area contributed by atoms with Gasteiger partial charge >= 0.3 is 0 Å². The Kier molecular flexibility index (Phi) is 1.57. The Balaban J connectivity index is 2.95. The Morgan fingerprint density at radius 2 is 2.50 bits per heavy atom. The fourth-order valence-corrected chi connectivity index (χ4v) is 0.570.